The lowest BCUT2D eigenvalue weighted by Gasteiger charge is -2.27. The van der Waals surface area contributed by atoms with E-state index in [-0.39, 0.29) is 18.8 Å². The van der Waals surface area contributed by atoms with Crippen molar-refractivity contribution in [2.24, 2.45) is 0 Å². The Balaban J connectivity index is 1.86. The predicted molar refractivity (Wildman–Crippen MR) is 53.6 cm³/mol. The minimum atomic E-state index is -0.111. The number of hydrogen-bond donors (Lipinski definition) is 1. The average Bonchev–Trinajstić information content (AvgIpc) is 2.69. The summed E-state index contributed by atoms with van der Waals surface area (Å²) in [5.41, 5.74) is 0.512. The van der Waals surface area contributed by atoms with Crippen LogP contribution in [0.25, 0.3) is 0 Å². The lowest BCUT2D eigenvalue weighted by atomic mass is 10.1. The highest BCUT2D eigenvalue weighted by Crippen LogP contribution is 2.17. The second-order valence-corrected chi connectivity index (χ2v) is 3.88. The molecule has 1 aliphatic heterocycles. The first-order valence-electron chi connectivity index (χ1n) is 5.18. The van der Waals surface area contributed by atoms with Crippen LogP contribution in [0.2, 0.25) is 0 Å². The van der Waals surface area contributed by atoms with Gasteiger partial charge in [0, 0.05) is 13.1 Å². The minimum Gasteiger partial charge on any atom is -0.447 e. The molecule has 0 amide bonds. The number of hydrogen-bond acceptors (Lipinski definition) is 5. The van der Waals surface area contributed by atoms with Gasteiger partial charge in [-0.3, -0.25) is 0 Å². The molecular formula is C10H16N2O3. The van der Waals surface area contributed by atoms with Crippen LogP contribution >= 0.6 is 0 Å². The van der Waals surface area contributed by atoms with Crippen molar-refractivity contribution in [3.8, 4) is 6.08 Å². The molecule has 0 unspecified atom stereocenters. The molecule has 0 radical (unpaired) electrons. The molecular weight excluding hydrogens is 196 g/mol. The van der Waals surface area contributed by atoms with Crippen LogP contribution in [0.3, 0.4) is 0 Å². The van der Waals surface area contributed by atoms with Crippen LogP contribution in [-0.2, 0) is 6.61 Å². The normalized spacial score (nSPS) is 19.3. The monoisotopic (exact) mass is 212 g/mol. The molecule has 0 aromatic carbocycles. The fourth-order valence-electron chi connectivity index (χ4n) is 1.66. The van der Waals surface area contributed by atoms with E-state index in [1.54, 1.807) is 0 Å². The Kier molecular flexibility index (Phi) is 3.23. The van der Waals surface area contributed by atoms with E-state index < -0.39 is 0 Å². The Bertz CT molecular complexity index is 305. The van der Waals surface area contributed by atoms with Crippen molar-refractivity contribution in [3.63, 3.8) is 0 Å². The number of oxazole rings is 1. The highest BCUT2D eigenvalue weighted by Gasteiger charge is 2.19. The lowest BCUT2D eigenvalue weighted by Crippen LogP contribution is -2.35. The zero-order chi connectivity index (χ0) is 10.7. The summed E-state index contributed by atoms with van der Waals surface area (Å²) in [4.78, 5) is 6.26. The topological polar surface area (TPSA) is 58.7 Å². The summed E-state index contributed by atoms with van der Waals surface area (Å²) >= 11 is 0. The van der Waals surface area contributed by atoms with Gasteiger partial charge in [0.15, 0.2) is 0 Å². The summed E-state index contributed by atoms with van der Waals surface area (Å²) in [6, 6.07) is 0. The van der Waals surface area contributed by atoms with E-state index >= 15 is 0 Å². The molecule has 0 atom stereocenters. The zero-order valence-electron chi connectivity index (χ0n) is 8.85. The number of aromatic nitrogens is 1. The Hall–Kier alpha value is -1.07. The first-order valence-corrected chi connectivity index (χ1v) is 5.18. The summed E-state index contributed by atoms with van der Waals surface area (Å²) in [6.45, 7) is 1.97. The summed E-state index contributed by atoms with van der Waals surface area (Å²) in [7, 11) is 2.10. The van der Waals surface area contributed by atoms with E-state index in [0.29, 0.717) is 5.69 Å². The largest absolute Gasteiger partial charge is 0.447 e. The van der Waals surface area contributed by atoms with Gasteiger partial charge in [0.05, 0.1) is 6.61 Å². The van der Waals surface area contributed by atoms with Crippen molar-refractivity contribution in [3.05, 3.63) is 12.0 Å². The zero-order valence-corrected chi connectivity index (χ0v) is 8.85. The van der Waals surface area contributed by atoms with Gasteiger partial charge in [0.25, 0.3) is 0 Å². The molecule has 1 saturated heterocycles. The molecule has 1 fully saturated rings. The molecule has 1 N–H and O–H groups in total. The lowest BCUT2D eigenvalue weighted by molar-refractivity contribution is 0.0846. The van der Waals surface area contributed by atoms with Crippen molar-refractivity contribution < 1.29 is 14.3 Å². The van der Waals surface area contributed by atoms with Crippen LogP contribution in [0.15, 0.2) is 10.7 Å². The first kappa shape index (κ1) is 10.4. The van der Waals surface area contributed by atoms with Gasteiger partial charge < -0.3 is 19.2 Å². The van der Waals surface area contributed by atoms with Crippen LogP contribution in [-0.4, -0.2) is 41.2 Å². The van der Waals surface area contributed by atoms with E-state index in [2.05, 4.69) is 16.9 Å². The van der Waals surface area contributed by atoms with Crippen molar-refractivity contribution >= 4 is 0 Å². The Morgan fingerprint density at radius 2 is 2.33 bits per heavy atom. The van der Waals surface area contributed by atoms with Gasteiger partial charge >= 0.3 is 6.08 Å². The molecule has 1 aliphatic rings. The molecule has 5 nitrogen and oxygen atoms in total. The summed E-state index contributed by atoms with van der Waals surface area (Å²) in [5.74, 6) is 0. The number of piperidine rings is 1. The van der Waals surface area contributed by atoms with Crippen LogP contribution in [0.1, 0.15) is 18.5 Å². The minimum absolute atomic E-state index is 0.111. The predicted octanol–water partition coefficient (Wildman–Crippen LogP) is 0.640. The van der Waals surface area contributed by atoms with Crippen molar-refractivity contribution in [2.75, 3.05) is 20.1 Å². The number of nitrogens with zero attached hydrogens (tertiary/aromatic N) is 2. The first-order chi connectivity index (χ1) is 7.28. The Morgan fingerprint density at radius 1 is 1.60 bits per heavy atom. The fourth-order valence-corrected chi connectivity index (χ4v) is 1.66. The fraction of sp³-hybridized carbons (Fsp3) is 0.700. The number of ether oxygens (including phenoxy) is 1. The van der Waals surface area contributed by atoms with Gasteiger partial charge in [0.1, 0.15) is 18.1 Å². The van der Waals surface area contributed by atoms with Crippen molar-refractivity contribution in [2.45, 2.75) is 25.6 Å². The molecule has 0 bridgehead atoms. The maximum absolute atomic E-state index is 8.81. The quantitative estimate of drug-likeness (QED) is 0.796. The summed E-state index contributed by atoms with van der Waals surface area (Å²) < 4.78 is 10.6. The maximum Gasteiger partial charge on any atom is 0.394 e. The number of likely N-dealkylation sites (tertiary alicyclic amines) is 1. The third-order valence-corrected chi connectivity index (χ3v) is 2.63. The SMILES string of the molecule is CN1CCC(Oc2nc(CO)co2)CC1. The van der Waals surface area contributed by atoms with Gasteiger partial charge in [-0.2, -0.15) is 4.98 Å². The highest BCUT2D eigenvalue weighted by atomic mass is 16.6. The molecule has 84 valence electrons. The standard InChI is InChI=1S/C10H16N2O3/c1-12-4-2-9(3-5-12)15-10-11-8(6-13)7-14-10/h7,9,13H,2-6H2,1H3. The summed E-state index contributed by atoms with van der Waals surface area (Å²) in [6.07, 6.45) is 3.87. The van der Waals surface area contributed by atoms with Crippen molar-refractivity contribution in [1.29, 1.82) is 0 Å². The second kappa shape index (κ2) is 4.63. The average molecular weight is 212 g/mol. The number of aliphatic hydroxyl groups is 1. The van der Waals surface area contributed by atoms with Gasteiger partial charge in [-0.1, -0.05) is 0 Å². The summed E-state index contributed by atoms with van der Waals surface area (Å²) in [5, 5.41) is 8.81. The molecule has 0 spiro atoms. The van der Waals surface area contributed by atoms with E-state index in [0.717, 1.165) is 25.9 Å². The number of rotatable bonds is 3. The third-order valence-electron chi connectivity index (χ3n) is 2.63. The molecule has 2 heterocycles. The van der Waals surface area contributed by atoms with Gasteiger partial charge in [0.2, 0.25) is 0 Å². The molecule has 5 heteroatoms. The van der Waals surface area contributed by atoms with Gasteiger partial charge in [-0.25, -0.2) is 0 Å². The van der Waals surface area contributed by atoms with E-state index in [4.69, 9.17) is 14.3 Å². The molecule has 0 aliphatic carbocycles. The Morgan fingerprint density at radius 3 is 2.93 bits per heavy atom. The third kappa shape index (κ3) is 2.70. The van der Waals surface area contributed by atoms with Crippen LogP contribution in [0, 0.1) is 0 Å². The Labute approximate surface area is 88.7 Å². The molecule has 1 aromatic heterocycles. The van der Waals surface area contributed by atoms with E-state index in [1.807, 2.05) is 0 Å². The number of aliphatic hydroxyl groups excluding tert-OH is 1. The molecule has 0 saturated carbocycles. The smallest absolute Gasteiger partial charge is 0.394 e. The molecule has 1 aromatic rings. The second-order valence-electron chi connectivity index (χ2n) is 3.88. The van der Waals surface area contributed by atoms with Crippen LogP contribution < -0.4 is 4.74 Å². The highest BCUT2D eigenvalue weighted by molar-refractivity contribution is 4.98. The molecule has 15 heavy (non-hydrogen) atoms. The van der Waals surface area contributed by atoms with Crippen LogP contribution in [0.5, 0.6) is 6.08 Å². The van der Waals surface area contributed by atoms with E-state index in [9.17, 15) is 0 Å². The van der Waals surface area contributed by atoms with Crippen LogP contribution in [0.4, 0.5) is 0 Å². The van der Waals surface area contributed by atoms with Crippen molar-refractivity contribution in [1.82, 2.24) is 9.88 Å². The van der Waals surface area contributed by atoms with Gasteiger partial charge in [-0.05, 0) is 19.9 Å². The molecule has 2 rings (SSSR count). The maximum atomic E-state index is 8.81. The van der Waals surface area contributed by atoms with Gasteiger partial charge in [-0.15, -0.1) is 0 Å². The van der Waals surface area contributed by atoms with E-state index in [1.165, 1.54) is 6.26 Å².